The van der Waals surface area contributed by atoms with Gasteiger partial charge in [-0.05, 0) is 49.6 Å². The molecule has 0 radical (unpaired) electrons. The second-order valence-corrected chi connectivity index (χ2v) is 4.83. The fraction of sp³-hybridized carbons (Fsp3) is 0.294. The SMILES string of the molecule is C=C(CCO)c1ccc2nc(C)c(C(=O)OCC)cc2c1. The molecule has 0 spiro atoms. The van der Waals surface area contributed by atoms with Crippen LogP contribution < -0.4 is 0 Å². The molecule has 1 aromatic carbocycles. The Morgan fingerprint density at radius 1 is 1.38 bits per heavy atom. The third-order valence-electron chi connectivity index (χ3n) is 3.32. The Kier molecular flexibility index (Phi) is 4.70. The molecule has 1 N–H and O–H groups in total. The van der Waals surface area contributed by atoms with Crippen molar-refractivity contribution >= 4 is 22.4 Å². The van der Waals surface area contributed by atoms with Crippen LogP contribution in [0.1, 0.15) is 35.0 Å². The molecule has 1 aromatic heterocycles. The molecule has 110 valence electrons. The quantitative estimate of drug-likeness (QED) is 0.857. The first kappa shape index (κ1) is 15.2. The zero-order valence-corrected chi connectivity index (χ0v) is 12.3. The number of esters is 1. The second-order valence-electron chi connectivity index (χ2n) is 4.83. The van der Waals surface area contributed by atoms with E-state index >= 15 is 0 Å². The highest BCUT2D eigenvalue weighted by molar-refractivity contribution is 5.95. The van der Waals surface area contributed by atoms with Gasteiger partial charge in [0.05, 0.1) is 23.4 Å². The third-order valence-corrected chi connectivity index (χ3v) is 3.32. The molecule has 0 aliphatic heterocycles. The van der Waals surface area contributed by atoms with Crippen molar-refractivity contribution in [1.82, 2.24) is 4.98 Å². The summed E-state index contributed by atoms with van der Waals surface area (Å²) in [7, 11) is 0. The van der Waals surface area contributed by atoms with Crippen LogP contribution in [0.5, 0.6) is 0 Å². The Labute approximate surface area is 124 Å². The van der Waals surface area contributed by atoms with E-state index in [0.717, 1.165) is 22.0 Å². The molecule has 4 nitrogen and oxygen atoms in total. The summed E-state index contributed by atoms with van der Waals surface area (Å²) in [5.41, 5.74) is 3.76. The number of rotatable bonds is 5. The average Bonchev–Trinajstić information content (AvgIpc) is 2.46. The van der Waals surface area contributed by atoms with Crippen molar-refractivity contribution < 1.29 is 14.6 Å². The predicted octanol–water partition coefficient (Wildman–Crippen LogP) is 3.12. The Morgan fingerprint density at radius 3 is 2.81 bits per heavy atom. The molecule has 2 rings (SSSR count). The Bertz CT molecular complexity index is 692. The highest BCUT2D eigenvalue weighted by Gasteiger charge is 2.13. The van der Waals surface area contributed by atoms with E-state index in [9.17, 15) is 4.79 Å². The summed E-state index contributed by atoms with van der Waals surface area (Å²) in [6.07, 6.45) is 0.523. The molecule has 2 aromatic rings. The van der Waals surface area contributed by atoms with Crippen LogP contribution in [0.15, 0.2) is 30.8 Å². The van der Waals surface area contributed by atoms with Gasteiger partial charge in [0.25, 0.3) is 0 Å². The number of nitrogens with zero attached hydrogens (tertiary/aromatic N) is 1. The first-order valence-electron chi connectivity index (χ1n) is 6.94. The second kappa shape index (κ2) is 6.50. The minimum atomic E-state index is -0.357. The van der Waals surface area contributed by atoms with Gasteiger partial charge in [-0.25, -0.2) is 4.79 Å². The zero-order valence-electron chi connectivity index (χ0n) is 12.3. The number of aryl methyl sites for hydroxylation is 1. The van der Waals surface area contributed by atoms with Gasteiger partial charge in [0.1, 0.15) is 0 Å². The number of carbonyl (C=O) groups is 1. The number of ether oxygens (including phenoxy) is 1. The molecule has 0 fully saturated rings. The molecule has 0 saturated carbocycles. The third kappa shape index (κ3) is 3.28. The summed E-state index contributed by atoms with van der Waals surface area (Å²) in [5, 5.41) is 9.85. The molecule has 0 bridgehead atoms. The smallest absolute Gasteiger partial charge is 0.339 e. The number of pyridine rings is 1. The number of benzene rings is 1. The Hall–Kier alpha value is -2.20. The van der Waals surface area contributed by atoms with Gasteiger partial charge in [-0.1, -0.05) is 12.6 Å². The van der Waals surface area contributed by atoms with Gasteiger partial charge in [-0.15, -0.1) is 0 Å². The van der Waals surface area contributed by atoms with Gasteiger partial charge in [0, 0.05) is 12.0 Å². The fourth-order valence-corrected chi connectivity index (χ4v) is 2.19. The van der Waals surface area contributed by atoms with E-state index in [0.29, 0.717) is 24.3 Å². The van der Waals surface area contributed by atoms with E-state index in [1.54, 1.807) is 19.9 Å². The Balaban J connectivity index is 2.48. The number of aromatic nitrogens is 1. The van der Waals surface area contributed by atoms with Gasteiger partial charge in [-0.3, -0.25) is 4.98 Å². The van der Waals surface area contributed by atoms with E-state index in [1.807, 2.05) is 18.2 Å². The molecular formula is C17H19NO3. The number of fused-ring (bicyclic) bond motifs is 1. The lowest BCUT2D eigenvalue weighted by atomic mass is 10.0. The van der Waals surface area contributed by atoms with E-state index in [2.05, 4.69) is 11.6 Å². The summed E-state index contributed by atoms with van der Waals surface area (Å²) in [6, 6.07) is 7.56. The van der Waals surface area contributed by atoms with E-state index < -0.39 is 0 Å². The van der Waals surface area contributed by atoms with Crippen molar-refractivity contribution in [1.29, 1.82) is 0 Å². The largest absolute Gasteiger partial charge is 0.462 e. The molecular weight excluding hydrogens is 266 g/mol. The number of aliphatic hydroxyl groups is 1. The number of aliphatic hydroxyl groups excluding tert-OH is 1. The standard InChI is InChI=1S/C17H19NO3/c1-4-21-17(20)15-10-14-9-13(11(2)7-8-19)5-6-16(14)18-12(15)3/h5-6,9-10,19H,2,4,7-8H2,1,3H3. The monoisotopic (exact) mass is 285 g/mol. The van der Waals surface area contributed by atoms with Gasteiger partial charge >= 0.3 is 5.97 Å². The lowest BCUT2D eigenvalue weighted by Gasteiger charge is -2.09. The van der Waals surface area contributed by atoms with Crippen LogP contribution in [0.2, 0.25) is 0 Å². The molecule has 4 heteroatoms. The average molecular weight is 285 g/mol. The molecule has 0 amide bonds. The summed E-state index contributed by atoms with van der Waals surface area (Å²) in [5.74, 6) is -0.357. The van der Waals surface area contributed by atoms with Crippen molar-refractivity contribution in [2.75, 3.05) is 13.2 Å². The van der Waals surface area contributed by atoms with Gasteiger partial charge in [0.15, 0.2) is 0 Å². The zero-order chi connectivity index (χ0) is 15.4. The maximum atomic E-state index is 11.9. The van der Waals surface area contributed by atoms with Crippen LogP contribution in [0, 0.1) is 6.92 Å². The van der Waals surface area contributed by atoms with Crippen LogP contribution in [0.3, 0.4) is 0 Å². The fourth-order valence-electron chi connectivity index (χ4n) is 2.19. The molecule has 0 saturated heterocycles. The first-order valence-corrected chi connectivity index (χ1v) is 6.94. The predicted molar refractivity (Wildman–Crippen MR) is 83.2 cm³/mol. The van der Waals surface area contributed by atoms with E-state index in [4.69, 9.17) is 9.84 Å². The van der Waals surface area contributed by atoms with Crippen molar-refractivity contribution in [3.8, 4) is 0 Å². The number of hydrogen-bond acceptors (Lipinski definition) is 4. The van der Waals surface area contributed by atoms with Gasteiger partial charge < -0.3 is 9.84 Å². The molecule has 0 unspecified atom stereocenters. The minimum Gasteiger partial charge on any atom is -0.462 e. The highest BCUT2D eigenvalue weighted by atomic mass is 16.5. The summed E-state index contributed by atoms with van der Waals surface area (Å²) in [6.45, 7) is 7.93. The molecule has 0 atom stereocenters. The Morgan fingerprint density at radius 2 is 2.14 bits per heavy atom. The maximum Gasteiger partial charge on any atom is 0.339 e. The van der Waals surface area contributed by atoms with Gasteiger partial charge in [-0.2, -0.15) is 0 Å². The van der Waals surface area contributed by atoms with Crippen LogP contribution in [-0.2, 0) is 4.74 Å². The normalized spacial score (nSPS) is 10.6. The number of hydrogen-bond donors (Lipinski definition) is 1. The molecule has 21 heavy (non-hydrogen) atoms. The van der Waals surface area contributed by atoms with Gasteiger partial charge in [0.2, 0.25) is 0 Å². The van der Waals surface area contributed by atoms with Crippen LogP contribution in [0.25, 0.3) is 16.5 Å². The maximum absolute atomic E-state index is 11.9. The van der Waals surface area contributed by atoms with Crippen LogP contribution in [0.4, 0.5) is 0 Å². The summed E-state index contributed by atoms with van der Waals surface area (Å²) in [4.78, 5) is 16.4. The van der Waals surface area contributed by atoms with Crippen LogP contribution in [-0.4, -0.2) is 29.3 Å². The summed E-state index contributed by atoms with van der Waals surface area (Å²) >= 11 is 0. The van der Waals surface area contributed by atoms with Crippen molar-refractivity contribution in [2.24, 2.45) is 0 Å². The van der Waals surface area contributed by atoms with E-state index in [-0.39, 0.29) is 12.6 Å². The summed E-state index contributed by atoms with van der Waals surface area (Å²) < 4.78 is 5.04. The van der Waals surface area contributed by atoms with Crippen molar-refractivity contribution in [3.05, 3.63) is 47.7 Å². The van der Waals surface area contributed by atoms with Crippen LogP contribution >= 0.6 is 0 Å². The van der Waals surface area contributed by atoms with Crippen molar-refractivity contribution in [3.63, 3.8) is 0 Å². The first-order chi connectivity index (χ1) is 10.1. The lowest BCUT2D eigenvalue weighted by Crippen LogP contribution is -2.08. The molecule has 1 heterocycles. The minimum absolute atomic E-state index is 0.0666. The number of carbonyl (C=O) groups excluding carboxylic acids is 1. The van der Waals surface area contributed by atoms with Crippen molar-refractivity contribution in [2.45, 2.75) is 20.3 Å². The topological polar surface area (TPSA) is 59.4 Å². The molecule has 0 aliphatic rings. The molecule has 0 aliphatic carbocycles. The van der Waals surface area contributed by atoms with E-state index in [1.165, 1.54) is 0 Å². The lowest BCUT2D eigenvalue weighted by molar-refractivity contribution is 0.0525. The highest BCUT2D eigenvalue weighted by Crippen LogP contribution is 2.23.